The van der Waals surface area contributed by atoms with Crippen molar-refractivity contribution >= 4 is 27.3 Å². The van der Waals surface area contributed by atoms with Crippen molar-refractivity contribution in [2.75, 3.05) is 0 Å². The van der Waals surface area contributed by atoms with Crippen LogP contribution in [0.25, 0.3) is 0 Å². The van der Waals surface area contributed by atoms with Crippen LogP contribution in [0.3, 0.4) is 0 Å². The Morgan fingerprint density at radius 2 is 2.28 bits per heavy atom. The quantitative estimate of drug-likeness (QED) is 0.883. The number of aliphatic hydroxyl groups is 1. The van der Waals surface area contributed by atoms with E-state index in [1.807, 2.05) is 17.5 Å². The molecule has 1 aliphatic carbocycles. The highest BCUT2D eigenvalue weighted by Crippen LogP contribution is 2.41. The molecule has 94 valence electrons. The van der Waals surface area contributed by atoms with E-state index < -0.39 is 5.60 Å². The van der Waals surface area contributed by atoms with E-state index in [-0.39, 0.29) is 5.82 Å². The zero-order valence-electron chi connectivity index (χ0n) is 9.62. The highest BCUT2D eigenvalue weighted by molar-refractivity contribution is 9.10. The van der Waals surface area contributed by atoms with Crippen molar-refractivity contribution < 1.29 is 9.50 Å². The second-order valence-corrected chi connectivity index (χ2v) is 6.62. The molecule has 0 radical (unpaired) electrons. The Balaban J connectivity index is 1.96. The van der Waals surface area contributed by atoms with E-state index in [1.165, 1.54) is 6.07 Å². The lowest BCUT2D eigenvalue weighted by molar-refractivity contribution is 0.0397. The number of halogens is 2. The fraction of sp³-hybridized carbons (Fsp3) is 0.286. The fourth-order valence-corrected chi connectivity index (χ4v) is 4.19. The molecule has 1 aliphatic rings. The van der Waals surface area contributed by atoms with Crippen molar-refractivity contribution in [2.45, 2.75) is 24.9 Å². The third-order valence-electron chi connectivity index (χ3n) is 3.50. The van der Waals surface area contributed by atoms with Crippen molar-refractivity contribution in [1.29, 1.82) is 0 Å². The van der Waals surface area contributed by atoms with Gasteiger partial charge in [0.15, 0.2) is 0 Å². The standard InChI is InChI=1S/C14H12BrFOS/c15-9-6-10(18-8-9)7-14(17)5-4-11-12(14)2-1-3-13(11)16/h1-3,6,8,17H,4-5,7H2. The van der Waals surface area contributed by atoms with Crippen molar-refractivity contribution in [2.24, 2.45) is 0 Å². The van der Waals surface area contributed by atoms with Crippen molar-refractivity contribution in [3.05, 3.63) is 55.9 Å². The van der Waals surface area contributed by atoms with Gasteiger partial charge in [0.25, 0.3) is 0 Å². The molecule has 1 nitrogen and oxygen atoms in total. The topological polar surface area (TPSA) is 20.2 Å². The summed E-state index contributed by atoms with van der Waals surface area (Å²) in [6.45, 7) is 0. The Labute approximate surface area is 117 Å². The van der Waals surface area contributed by atoms with E-state index in [4.69, 9.17) is 0 Å². The second-order valence-electron chi connectivity index (χ2n) is 4.71. The Bertz CT molecular complexity index is 595. The first-order chi connectivity index (χ1) is 8.58. The van der Waals surface area contributed by atoms with Crippen LogP contribution in [-0.4, -0.2) is 5.11 Å². The maximum atomic E-state index is 13.7. The summed E-state index contributed by atoms with van der Waals surface area (Å²) in [6.07, 6.45) is 1.77. The van der Waals surface area contributed by atoms with Gasteiger partial charge in [-0.3, -0.25) is 0 Å². The lowest BCUT2D eigenvalue weighted by atomic mass is 9.91. The number of rotatable bonds is 2. The van der Waals surface area contributed by atoms with Gasteiger partial charge in [-0.15, -0.1) is 11.3 Å². The molecule has 1 aromatic carbocycles. The molecule has 0 bridgehead atoms. The first kappa shape index (κ1) is 12.3. The molecule has 0 fully saturated rings. The summed E-state index contributed by atoms with van der Waals surface area (Å²) in [5.74, 6) is -0.198. The van der Waals surface area contributed by atoms with Gasteiger partial charge in [0.2, 0.25) is 0 Å². The SMILES string of the molecule is OC1(Cc2cc(Br)cs2)CCc2c(F)cccc21. The van der Waals surface area contributed by atoms with Crippen LogP contribution in [0.15, 0.2) is 34.1 Å². The van der Waals surface area contributed by atoms with Gasteiger partial charge in [-0.1, -0.05) is 12.1 Å². The molecule has 0 aliphatic heterocycles. The van der Waals surface area contributed by atoms with E-state index in [1.54, 1.807) is 17.4 Å². The molecule has 1 unspecified atom stereocenters. The highest BCUT2D eigenvalue weighted by Gasteiger charge is 2.38. The molecule has 0 spiro atoms. The third-order valence-corrected chi connectivity index (χ3v) is 5.19. The summed E-state index contributed by atoms with van der Waals surface area (Å²) in [5, 5.41) is 12.8. The van der Waals surface area contributed by atoms with Crippen LogP contribution in [-0.2, 0) is 18.4 Å². The third kappa shape index (κ3) is 2.02. The molecule has 2 aromatic rings. The van der Waals surface area contributed by atoms with Crippen molar-refractivity contribution in [3.8, 4) is 0 Å². The minimum Gasteiger partial charge on any atom is -0.385 e. The first-order valence-corrected chi connectivity index (χ1v) is 7.49. The lowest BCUT2D eigenvalue weighted by Crippen LogP contribution is -2.24. The molecule has 1 heterocycles. The monoisotopic (exact) mass is 326 g/mol. The normalized spacial score (nSPS) is 22.2. The zero-order valence-corrected chi connectivity index (χ0v) is 12.0. The van der Waals surface area contributed by atoms with Crippen LogP contribution in [0.5, 0.6) is 0 Å². The van der Waals surface area contributed by atoms with Gasteiger partial charge in [0.1, 0.15) is 5.82 Å². The Morgan fingerprint density at radius 1 is 1.44 bits per heavy atom. The summed E-state index contributed by atoms with van der Waals surface area (Å²) in [7, 11) is 0. The molecule has 1 atom stereocenters. The predicted molar refractivity (Wildman–Crippen MR) is 74.3 cm³/mol. The maximum absolute atomic E-state index is 13.7. The van der Waals surface area contributed by atoms with Crippen LogP contribution >= 0.6 is 27.3 Å². The molecular weight excluding hydrogens is 315 g/mol. The minimum atomic E-state index is -0.915. The zero-order chi connectivity index (χ0) is 12.8. The maximum Gasteiger partial charge on any atom is 0.126 e. The van der Waals surface area contributed by atoms with Crippen LogP contribution in [0.4, 0.5) is 4.39 Å². The van der Waals surface area contributed by atoms with Crippen LogP contribution in [0.1, 0.15) is 22.4 Å². The lowest BCUT2D eigenvalue weighted by Gasteiger charge is -2.23. The summed E-state index contributed by atoms with van der Waals surface area (Å²) >= 11 is 5.02. The van der Waals surface area contributed by atoms with Crippen LogP contribution in [0, 0.1) is 5.82 Å². The van der Waals surface area contributed by atoms with E-state index in [9.17, 15) is 9.50 Å². The Morgan fingerprint density at radius 3 is 3.00 bits per heavy atom. The van der Waals surface area contributed by atoms with Gasteiger partial charge in [-0.25, -0.2) is 4.39 Å². The first-order valence-electron chi connectivity index (χ1n) is 5.82. The molecule has 0 saturated heterocycles. The summed E-state index contributed by atoms with van der Waals surface area (Å²) in [6, 6.07) is 7.00. The fourth-order valence-electron chi connectivity index (χ4n) is 2.63. The van der Waals surface area contributed by atoms with E-state index in [0.29, 0.717) is 24.8 Å². The smallest absolute Gasteiger partial charge is 0.126 e. The average molecular weight is 327 g/mol. The number of hydrogen-bond donors (Lipinski definition) is 1. The van der Waals surface area contributed by atoms with E-state index in [0.717, 1.165) is 14.9 Å². The molecule has 18 heavy (non-hydrogen) atoms. The van der Waals surface area contributed by atoms with Gasteiger partial charge in [0.05, 0.1) is 5.60 Å². The average Bonchev–Trinajstić information content (AvgIpc) is 2.86. The van der Waals surface area contributed by atoms with Crippen molar-refractivity contribution in [1.82, 2.24) is 0 Å². The van der Waals surface area contributed by atoms with Crippen LogP contribution < -0.4 is 0 Å². The highest BCUT2D eigenvalue weighted by atomic mass is 79.9. The Hall–Kier alpha value is -0.710. The van der Waals surface area contributed by atoms with Gasteiger partial charge in [0, 0.05) is 21.2 Å². The van der Waals surface area contributed by atoms with Gasteiger partial charge in [-0.2, -0.15) is 0 Å². The molecule has 1 N–H and O–H groups in total. The Kier molecular flexibility index (Phi) is 3.04. The number of hydrogen-bond acceptors (Lipinski definition) is 2. The van der Waals surface area contributed by atoms with E-state index >= 15 is 0 Å². The molecule has 4 heteroatoms. The summed E-state index contributed by atoms with van der Waals surface area (Å²) in [4.78, 5) is 1.11. The summed E-state index contributed by atoms with van der Waals surface area (Å²) < 4.78 is 14.7. The van der Waals surface area contributed by atoms with Crippen molar-refractivity contribution in [3.63, 3.8) is 0 Å². The van der Waals surface area contributed by atoms with Gasteiger partial charge >= 0.3 is 0 Å². The predicted octanol–water partition coefficient (Wildman–Crippen LogP) is 4.03. The molecule has 0 saturated carbocycles. The van der Waals surface area contributed by atoms with Crippen LogP contribution in [0.2, 0.25) is 0 Å². The molecule has 1 aromatic heterocycles. The van der Waals surface area contributed by atoms with Gasteiger partial charge < -0.3 is 5.11 Å². The van der Waals surface area contributed by atoms with E-state index in [2.05, 4.69) is 15.9 Å². The number of thiophene rings is 1. The molecule has 0 amide bonds. The number of benzene rings is 1. The summed E-state index contributed by atoms with van der Waals surface area (Å²) in [5.41, 5.74) is 0.518. The number of fused-ring (bicyclic) bond motifs is 1. The molecule has 3 rings (SSSR count). The minimum absolute atomic E-state index is 0.198. The second kappa shape index (κ2) is 4.44. The van der Waals surface area contributed by atoms with Gasteiger partial charge in [-0.05, 0) is 52.0 Å². The largest absolute Gasteiger partial charge is 0.385 e. The molecular formula is C14H12BrFOS.